The minimum Gasteiger partial charge on any atom is -0.269 e. The molecule has 8 heavy (non-hydrogen) atoms. The van der Waals surface area contributed by atoms with E-state index in [0.29, 0.717) is 0 Å². The van der Waals surface area contributed by atoms with E-state index in [-0.39, 0.29) is 0 Å². The number of rotatable bonds is 1. The summed E-state index contributed by atoms with van der Waals surface area (Å²) >= 11 is 0. The van der Waals surface area contributed by atoms with Gasteiger partial charge in [0.05, 0.1) is 0 Å². The first-order valence-electron chi connectivity index (χ1n) is 2.47. The monoisotopic (exact) mass is 107 g/mol. The molecular weight excluding hydrogens is 98.1 g/mol. The molecule has 0 saturated carbocycles. The Labute approximate surface area is 50.1 Å². The molecule has 1 heteroatoms. The number of nitrogens with zero attached hydrogens (tertiary/aromatic N) is 1. The Balaban J connectivity index is 3.45. The maximum absolute atomic E-state index is 3.80. The molecule has 0 aromatic heterocycles. The first kappa shape index (κ1) is 6.97. The molecule has 0 fully saturated rings. The van der Waals surface area contributed by atoms with Crippen molar-refractivity contribution in [2.75, 3.05) is 0 Å². The summed E-state index contributed by atoms with van der Waals surface area (Å²) in [5.74, 6) is 5.45. The minimum absolute atomic E-state index is 1.66. The Morgan fingerprint density at radius 3 is 2.75 bits per heavy atom. The SMILES string of the molecule is CC#C/C=C\N=CC. The van der Waals surface area contributed by atoms with Crippen LogP contribution in [0.25, 0.3) is 0 Å². The highest BCUT2D eigenvalue weighted by atomic mass is 14.6. The summed E-state index contributed by atoms with van der Waals surface area (Å²) in [4.78, 5) is 3.80. The standard InChI is InChI=1S/C7H9N/c1-3-5-6-7-8-4-2/h4,6-7H,1-2H3/b7-6-,8-4?. The van der Waals surface area contributed by atoms with E-state index in [1.165, 1.54) is 0 Å². The number of hydrogen-bond donors (Lipinski definition) is 0. The second-order valence-electron chi connectivity index (χ2n) is 1.12. The summed E-state index contributed by atoms with van der Waals surface area (Å²) in [5.41, 5.74) is 0. The molecule has 1 nitrogen and oxygen atoms in total. The molecule has 0 aliphatic carbocycles. The van der Waals surface area contributed by atoms with E-state index in [1.807, 2.05) is 6.92 Å². The quantitative estimate of drug-likeness (QED) is 0.356. The molecule has 0 aromatic rings. The van der Waals surface area contributed by atoms with Crippen molar-refractivity contribution < 1.29 is 0 Å². The molecule has 0 N–H and O–H groups in total. The topological polar surface area (TPSA) is 12.4 Å². The van der Waals surface area contributed by atoms with E-state index in [0.717, 1.165) is 0 Å². The molecule has 0 aliphatic rings. The highest BCUT2D eigenvalue weighted by Crippen LogP contribution is 1.69. The van der Waals surface area contributed by atoms with Crippen molar-refractivity contribution >= 4 is 6.21 Å². The molecule has 0 saturated heterocycles. The predicted octanol–water partition coefficient (Wildman–Crippen LogP) is 1.61. The number of hydrogen-bond acceptors (Lipinski definition) is 1. The first-order chi connectivity index (χ1) is 3.91. The predicted molar refractivity (Wildman–Crippen MR) is 36.8 cm³/mol. The highest BCUT2D eigenvalue weighted by Gasteiger charge is 1.53. The van der Waals surface area contributed by atoms with Gasteiger partial charge in [0.25, 0.3) is 0 Å². The van der Waals surface area contributed by atoms with Gasteiger partial charge in [-0.1, -0.05) is 5.92 Å². The van der Waals surface area contributed by atoms with E-state index < -0.39 is 0 Å². The highest BCUT2D eigenvalue weighted by molar-refractivity contribution is 5.54. The Bertz CT molecular complexity index is 144. The minimum atomic E-state index is 1.66. The maximum atomic E-state index is 3.80. The normalized spacial score (nSPS) is 9.75. The van der Waals surface area contributed by atoms with Crippen molar-refractivity contribution in [1.29, 1.82) is 0 Å². The van der Waals surface area contributed by atoms with Gasteiger partial charge >= 0.3 is 0 Å². The van der Waals surface area contributed by atoms with Crippen molar-refractivity contribution in [3.05, 3.63) is 12.3 Å². The lowest BCUT2D eigenvalue weighted by molar-refractivity contribution is 1.58. The molecule has 42 valence electrons. The fourth-order valence-electron chi connectivity index (χ4n) is 0.250. The third kappa shape index (κ3) is 4.97. The molecule has 0 unspecified atom stereocenters. The summed E-state index contributed by atoms with van der Waals surface area (Å²) in [6.07, 6.45) is 5.09. The van der Waals surface area contributed by atoms with Crippen LogP contribution in [-0.2, 0) is 0 Å². The second kappa shape index (κ2) is 5.97. The third-order valence-electron chi connectivity index (χ3n) is 0.537. The third-order valence-corrected chi connectivity index (χ3v) is 0.537. The van der Waals surface area contributed by atoms with Gasteiger partial charge in [-0.05, 0) is 13.8 Å². The van der Waals surface area contributed by atoms with Gasteiger partial charge in [0.15, 0.2) is 0 Å². The van der Waals surface area contributed by atoms with Gasteiger partial charge < -0.3 is 0 Å². The van der Waals surface area contributed by atoms with Crippen LogP contribution in [0.5, 0.6) is 0 Å². The van der Waals surface area contributed by atoms with Crippen LogP contribution in [-0.4, -0.2) is 6.21 Å². The van der Waals surface area contributed by atoms with Crippen molar-refractivity contribution in [3.63, 3.8) is 0 Å². The second-order valence-corrected chi connectivity index (χ2v) is 1.12. The van der Waals surface area contributed by atoms with Crippen molar-refractivity contribution in [1.82, 2.24) is 0 Å². The Morgan fingerprint density at radius 1 is 1.50 bits per heavy atom. The fraction of sp³-hybridized carbons (Fsp3) is 0.286. The molecular formula is C7H9N. The summed E-state index contributed by atoms with van der Waals surface area (Å²) in [6.45, 7) is 3.66. The zero-order valence-corrected chi connectivity index (χ0v) is 5.18. The van der Waals surface area contributed by atoms with Crippen molar-refractivity contribution in [2.45, 2.75) is 13.8 Å². The van der Waals surface area contributed by atoms with Gasteiger partial charge in [-0.15, -0.1) is 5.92 Å². The average Bonchev–Trinajstić information content (AvgIpc) is 1.81. The van der Waals surface area contributed by atoms with E-state index >= 15 is 0 Å². The lowest BCUT2D eigenvalue weighted by Gasteiger charge is -1.65. The van der Waals surface area contributed by atoms with Gasteiger partial charge in [0.2, 0.25) is 0 Å². The molecule has 0 radical (unpaired) electrons. The van der Waals surface area contributed by atoms with Crippen molar-refractivity contribution in [2.24, 2.45) is 4.99 Å². The van der Waals surface area contributed by atoms with Gasteiger partial charge in [-0.2, -0.15) is 0 Å². The Morgan fingerprint density at radius 2 is 2.25 bits per heavy atom. The van der Waals surface area contributed by atoms with Gasteiger partial charge in [0.1, 0.15) is 0 Å². The smallest absolute Gasteiger partial charge is 0.0347 e. The van der Waals surface area contributed by atoms with Crippen molar-refractivity contribution in [3.8, 4) is 11.8 Å². The summed E-state index contributed by atoms with van der Waals surface area (Å²) in [7, 11) is 0. The van der Waals surface area contributed by atoms with Crippen LogP contribution in [0.4, 0.5) is 0 Å². The van der Waals surface area contributed by atoms with Crippen LogP contribution in [0, 0.1) is 11.8 Å². The summed E-state index contributed by atoms with van der Waals surface area (Å²) in [6, 6.07) is 0. The van der Waals surface area contributed by atoms with Crippen LogP contribution in [0.3, 0.4) is 0 Å². The van der Waals surface area contributed by atoms with E-state index in [2.05, 4.69) is 16.8 Å². The van der Waals surface area contributed by atoms with Crippen LogP contribution >= 0.6 is 0 Å². The Hall–Kier alpha value is -1.03. The summed E-state index contributed by atoms with van der Waals surface area (Å²) in [5, 5.41) is 0. The molecule has 0 atom stereocenters. The van der Waals surface area contributed by atoms with E-state index in [1.54, 1.807) is 25.4 Å². The fourth-order valence-corrected chi connectivity index (χ4v) is 0.250. The van der Waals surface area contributed by atoms with Gasteiger partial charge in [0, 0.05) is 18.5 Å². The average molecular weight is 107 g/mol. The molecule has 0 aliphatic heterocycles. The first-order valence-corrected chi connectivity index (χ1v) is 2.47. The van der Waals surface area contributed by atoms with Crippen LogP contribution in [0.15, 0.2) is 17.3 Å². The lowest BCUT2D eigenvalue weighted by Crippen LogP contribution is -1.52. The van der Waals surface area contributed by atoms with Crippen LogP contribution in [0.1, 0.15) is 13.8 Å². The number of aliphatic imine (C=N–C) groups is 1. The van der Waals surface area contributed by atoms with Gasteiger partial charge in [-0.3, -0.25) is 4.99 Å². The lowest BCUT2D eigenvalue weighted by atomic mass is 10.6. The van der Waals surface area contributed by atoms with Crippen LogP contribution < -0.4 is 0 Å². The van der Waals surface area contributed by atoms with E-state index in [9.17, 15) is 0 Å². The largest absolute Gasteiger partial charge is 0.269 e. The molecule has 0 bridgehead atoms. The molecule has 0 aromatic carbocycles. The molecule has 0 amide bonds. The van der Waals surface area contributed by atoms with E-state index in [4.69, 9.17) is 0 Å². The zero-order chi connectivity index (χ0) is 6.24. The Kier molecular flexibility index (Phi) is 5.20. The number of allylic oxidation sites excluding steroid dienone is 1. The van der Waals surface area contributed by atoms with Crippen LogP contribution in [0.2, 0.25) is 0 Å². The zero-order valence-electron chi connectivity index (χ0n) is 5.18. The molecule has 0 spiro atoms. The summed E-state index contributed by atoms with van der Waals surface area (Å²) < 4.78 is 0. The molecule has 0 rings (SSSR count). The molecule has 0 heterocycles. The van der Waals surface area contributed by atoms with Gasteiger partial charge in [-0.25, -0.2) is 0 Å². The maximum Gasteiger partial charge on any atom is 0.0347 e.